The van der Waals surface area contributed by atoms with E-state index in [0.29, 0.717) is 0 Å². The standard InChI is InChI=1S/C8H6.3BF4/c1-2-8-6-4-3-5-7-8;3*2-1(3,4)5/h1,3-7H;;;/q;3*-1. The van der Waals surface area contributed by atoms with Gasteiger partial charge in [-0.15, -0.1) is 6.42 Å². The fraction of sp³-hybridized carbons (Fsp3) is 0. The molecule has 1 aromatic rings. The lowest BCUT2D eigenvalue weighted by Crippen LogP contribution is -2.02. The molecule has 0 saturated heterocycles. The summed E-state index contributed by atoms with van der Waals surface area (Å²) in [5.74, 6) is 2.53. The predicted octanol–water partition coefficient (Wildman–Crippen LogP) is 5.57. The van der Waals surface area contributed by atoms with E-state index in [4.69, 9.17) is 6.42 Å². The van der Waals surface area contributed by atoms with Gasteiger partial charge in [-0.1, -0.05) is 24.1 Å². The van der Waals surface area contributed by atoms with Gasteiger partial charge in [0.15, 0.2) is 0 Å². The lowest BCUT2D eigenvalue weighted by Gasteiger charge is -1.94. The second kappa shape index (κ2) is 11.7. The second-order valence-corrected chi connectivity index (χ2v) is 2.99. The molecule has 0 aromatic heterocycles. The second-order valence-electron chi connectivity index (χ2n) is 2.99. The van der Waals surface area contributed by atoms with Crippen molar-refractivity contribution in [3.8, 4) is 12.3 Å². The zero-order valence-corrected chi connectivity index (χ0v) is 10.7. The van der Waals surface area contributed by atoms with Gasteiger partial charge in [-0.2, -0.15) is 0 Å². The van der Waals surface area contributed by atoms with E-state index >= 15 is 0 Å². The molecule has 0 fully saturated rings. The van der Waals surface area contributed by atoms with E-state index in [1.165, 1.54) is 0 Å². The molecular formula is C8H6B3F12-3. The molecule has 134 valence electrons. The van der Waals surface area contributed by atoms with Crippen molar-refractivity contribution >= 4 is 21.8 Å². The third-order valence-corrected chi connectivity index (χ3v) is 0.940. The van der Waals surface area contributed by atoms with Crippen LogP contribution in [-0.2, 0) is 0 Å². The maximum absolute atomic E-state index is 9.75. The molecule has 0 bridgehead atoms. The Kier molecular flexibility index (Phi) is 13.2. The highest BCUT2D eigenvalue weighted by Gasteiger charge is 2.21. The van der Waals surface area contributed by atoms with Crippen LogP contribution in [0.5, 0.6) is 0 Å². The predicted molar refractivity (Wildman–Crippen MR) is 64.9 cm³/mol. The number of hydrogen-bond donors (Lipinski definition) is 0. The SMILES string of the molecule is C#Cc1ccccc1.F[B-](F)(F)F.F[B-](F)(F)F.F[B-](F)(F)F. The minimum absolute atomic E-state index is 0.938. The van der Waals surface area contributed by atoms with Crippen molar-refractivity contribution in [3.05, 3.63) is 35.9 Å². The molecule has 0 saturated carbocycles. The van der Waals surface area contributed by atoms with E-state index in [2.05, 4.69) is 5.92 Å². The Bertz CT molecular complexity index is 382. The summed E-state index contributed by atoms with van der Waals surface area (Å²) in [5, 5.41) is 0. The maximum atomic E-state index is 9.75. The molecule has 1 rings (SSSR count). The third kappa shape index (κ3) is 100. The van der Waals surface area contributed by atoms with Crippen molar-refractivity contribution in [2.75, 3.05) is 0 Å². The molecule has 0 aliphatic carbocycles. The summed E-state index contributed by atoms with van der Waals surface area (Å²) in [7, 11) is -18.0. The summed E-state index contributed by atoms with van der Waals surface area (Å²) in [6.07, 6.45) is 5.10. The number of halogens is 12. The molecular weight excluding hydrogens is 356 g/mol. The normalized spacial score (nSPS) is 10.6. The zero-order chi connectivity index (χ0) is 19.3. The number of hydrogen-bond acceptors (Lipinski definition) is 0. The average Bonchev–Trinajstić information content (AvgIpc) is 2.23. The molecule has 23 heavy (non-hydrogen) atoms. The van der Waals surface area contributed by atoms with E-state index in [1.54, 1.807) is 0 Å². The van der Waals surface area contributed by atoms with Crippen LogP contribution in [0.3, 0.4) is 0 Å². The van der Waals surface area contributed by atoms with Crippen LogP contribution in [0, 0.1) is 12.3 Å². The van der Waals surface area contributed by atoms with Crippen LogP contribution in [0.4, 0.5) is 51.8 Å². The van der Waals surface area contributed by atoms with E-state index in [0.717, 1.165) is 5.56 Å². The quantitative estimate of drug-likeness (QED) is 0.322. The van der Waals surface area contributed by atoms with Crippen LogP contribution in [0.1, 0.15) is 5.56 Å². The van der Waals surface area contributed by atoms with Gasteiger partial charge in [-0.3, -0.25) is 0 Å². The Morgan fingerprint density at radius 1 is 0.565 bits per heavy atom. The van der Waals surface area contributed by atoms with Gasteiger partial charge in [-0.25, -0.2) is 0 Å². The maximum Gasteiger partial charge on any atom is 0.673 e. The van der Waals surface area contributed by atoms with Crippen molar-refractivity contribution < 1.29 is 51.8 Å². The molecule has 0 nitrogen and oxygen atoms in total. The van der Waals surface area contributed by atoms with Crippen molar-refractivity contribution in [2.24, 2.45) is 0 Å². The average molecular weight is 363 g/mol. The molecule has 0 aliphatic heterocycles. The molecule has 0 unspecified atom stereocenters. The van der Waals surface area contributed by atoms with Gasteiger partial charge in [-0.05, 0) is 12.1 Å². The van der Waals surface area contributed by atoms with Crippen molar-refractivity contribution in [2.45, 2.75) is 0 Å². The molecule has 15 heteroatoms. The Balaban J connectivity index is -0.000000240. The van der Waals surface area contributed by atoms with E-state index in [-0.39, 0.29) is 0 Å². The molecule has 1 aromatic carbocycles. The summed E-state index contributed by atoms with van der Waals surface area (Å²) in [6.45, 7) is 0. The molecule has 0 N–H and O–H groups in total. The highest BCUT2D eigenvalue weighted by molar-refractivity contribution is 6.50. The molecule has 0 radical (unpaired) electrons. The molecule has 0 heterocycles. The van der Waals surface area contributed by atoms with Gasteiger partial charge in [0.2, 0.25) is 0 Å². The largest absolute Gasteiger partial charge is 0.673 e. The zero-order valence-electron chi connectivity index (χ0n) is 10.7. The fourth-order valence-electron chi connectivity index (χ4n) is 0.534. The minimum Gasteiger partial charge on any atom is -0.418 e. The van der Waals surface area contributed by atoms with Crippen LogP contribution in [0.15, 0.2) is 30.3 Å². The number of rotatable bonds is 0. The first-order valence-electron chi connectivity index (χ1n) is 5.07. The van der Waals surface area contributed by atoms with Gasteiger partial charge < -0.3 is 51.8 Å². The van der Waals surface area contributed by atoms with Crippen LogP contribution >= 0.6 is 0 Å². The first kappa shape index (κ1) is 26.1. The van der Waals surface area contributed by atoms with Gasteiger partial charge in [0.25, 0.3) is 0 Å². The van der Waals surface area contributed by atoms with Crippen LogP contribution < -0.4 is 0 Å². The lowest BCUT2D eigenvalue weighted by molar-refractivity contribution is 0.366. The fourth-order valence-corrected chi connectivity index (χ4v) is 0.534. The third-order valence-electron chi connectivity index (χ3n) is 0.940. The van der Waals surface area contributed by atoms with Crippen LogP contribution in [-0.4, -0.2) is 21.8 Å². The van der Waals surface area contributed by atoms with Crippen LogP contribution in [0.25, 0.3) is 0 Å². The summed E-state index contributed by atoms with van der Waals surface area (Å²) >= 11 is 0. The monoisotopic (exact) mass is 363 g/mol. The van der Waals surface area contributed by atoms with Gasteiger partial charge in [0, 0.05) is 5.56 Å². The molecule has 0 atom stereocenters. The smallest absolute Gasteiger partial charge is 0.418 e. The Labute approximate surface area is 123 Å². The van der Waals surface area contributed by atoms with Crippen molar-refractivity contribution in [3.63, 3.8) is 0 Å². The van der Waals surface area contributed by atoms with Gasteiger partial charge >= 0.3 is 21.8 Å². The van der Waals surface area contributed by atoms with Gasteiger partial charge in [0.05, 0.1) is 0 Å². The first-order chi connectivity index (χ1) is 9.93. The lowest BCUT2D eigenvalue weighted by atomic mass is 10.2. The van der Waals surface area contributed by atoms with E-state index in [9.17, 15) is 51.8 Å². The van der Waals surface area contributed by atoms with E-state index in [1.807, 2.05) is 30.3 Å². The minimum atomic E-state index is -6.00. The summed E-state index contributed by atoms with van der Waals surface area (Å²) in [4.78, 5) is 0. The topological polar surface area (TPSA) is 0 Å². The Morgan fingerprint density at radius 3 is 0.913 bits per heavy atom. The highest BCUT2D eigenvalue weighted by atomic mass is 19.5. The molecule has 0 amide bonds. The van der Waals surface area contributed by atoms with E-state index < -0.39 is 21.8 Å². The van der Waals surface area contributed by atoms with Crippen molar-refractivity contribution in [1.82, 2.24) is 0 Å². The number of benzene rings is 1. The van der Waals surface area contributed by atoms with Crippen molar-refractivity contribution in [1.29, 1.82) is 0 Å². The van der Waals surface area contributed by atoms with Gasteiger partial charge in [0.1, 0.15) is 0 Å². The summed E-state index contributed by atoms with van der Waals surface area (Å²) < 4.78 is 117. The molecule has 0 spiro atoms. The summed E-state index contributed by atoms with van der Waals surface area (Å²) in [5.41, 5.74) is 0.938. The number of terminal acetylenes is 1. The molecule has 0 aliphatic rings. The Morgan fingerprint density at radius 2 is 0.783 bits per heavy atom. The summed E-state index contributed by atoms with van der Waals surface area (Å²) in [6, 6.07) is 9.60. The Hall–Kier alpha value is -1.87. The first-order valence-corrected chi connectivity index (χ1v) is 5.07. The highest BCUT2D eigenvalue weighted by Crippen LogP contribution is 2.07. The van der Waals surface area contributed by atoms with Crippen LogP contribution in [0.2, 0.25) is 0 Å².